The molecule has 2 heterocycles. The van der Waals surface area contributed by atoms with Gasteiger partial charge in [0.2, 0.25) is 0 Å². The number of halogens is 1. The molecule has 4 rings (SSSR count). The van der Waals surface area contributed by atoms with Gasteiger partial charge in [0.05, 0.1) is 23.4 Å². The van der Waals surface area contributed by atoms with Gasteiger partial charge in [0.1, 0.15) is 5.75 Å². The lowest BCUT2D eigenvalue weighted by molar-refractivity contribution is 0.0691. The van der Waals surface area contributed by atoms with Gasteiger partial charge in [-0.25, -0.2) is 0 Å². The van der Waals surface area contributed by atoms with Crippen LogP contribution in [0.5, 0.6) is 5.75 Å². The zero-order chi connectivity index (χ0) is 23.5. The molecule has 176 valence electrons. The fourth-order valence-corrected chi connectivity index (χ4v) is 4.71. The van der Waals surface area contributed by atoms with Gasteiger partial charge in [-0.2, -0.15) is 0 Å². The van der Waals surface area contributed by atoms with E-state index in [2.05, 4.69) is 10.6 Å². The Morgan fingerprint density at radius 1 is 1.06 bits per heavy atom. The highest BCUT2D eigenvalue weighted by atomic mass is 35.5. The molecule has 0 unspecified atom stereocenters. The van der Waals surface area contributed by atoms with Crippen LogP contribution in [-0.4, -0.2) is 78.3 Å². The van der Waals surface area contributed by atoms with Crippen LogP contribution in [0.1, 0.15) is 33.6 Å². The van der Waals surface area contributed by atoms with Gasteiger partial charge in [0, 0.05) is 55.9 Å². The number of aromatic hydroxyl groups is 1. The number of piperidine rings is 1. The van der Waals surface area contributed by atoms with E-state index in [1.807, 2.05) is 9.80 Å². The van der Waals surface area contributed by atoms with Crippen LogP contribution >= 0.6 is 11.6 Å². The molecule has 2 aliphatic heterocycles. The van der Waals surface area contributed by atoms with E-state index in [4.69, 9.17) is 11.6 Å². The maximum atomic E-state index is 12.7. The number of carbonyl (C=O) groups is 2. The SMILES string of the molecule is CNC(=O)c1ccc(O)cc1N1C[C@@H](O)[C@H](NC2CCN(C(=O)c3ccc(Cl)cc3)CC2)C1. The zero-order valence-electron chi connectivity index (χ0n) is 18.5. The number of likely N-dealkylation sites (tertiary alicyclic amines) is 1. The Hall–Kier alpha value is -2.81. The van der Waals surface area contributed by atoms with Crippen LogP contribution in [0.15, 0.2) is 42.5 Å². The predicted octanol–water partition coefficient (Wildman–Crippen LogP) is 1.85. The number of aliphatic hydroxyl groups excluding tert-OH is 1. The van der Waals surface area contributed by atoms with Crippen LogP contribution in [0.4, 0.5) is 5.69 Å². The highest BCUT2D eigenvalue weighted by molar-refractivity contribution is 6.30. The number of carbonyl (C=O) groups excluding carboxylic acids is 2. The molecular weight excluding hydrogens is 444 g/mol. The molecule has 2 fully saturated rings. The van der Waals surface area contributed by atoms with Crippen LogP contribution < -0.4 is 15.5 Å². The third-order valence-electron chi connectivity index (χ3n) is 6.41. The van der Waals surface area contributed by atoms with Gasteiger partial charge in [-0.05, 0) is 49.2 Å². The third kappa shape index (κ3) is 5.24. The lowest BCUT2D eigenvalue weighted by atomic mass is 10.0. The lowest BCUT2D eigenvalue weighted by Gasteiger charge is -2.34. The Balaban J connectivity index is 1.35. The van der Waals surface area contributed by atoms with Crippen molar-refractivity contribution in [3.8, 4) is 5.75 Å². The summed E-state index contributed by atoms with van der Waals surface area (Å²) in [7, 11) is 1.56. The van der Waals surface area contributed by atoms with Crippen molar-refractivity contribution in [1.82, 2.24) is 15.5 Å². The molecule has 2 aromatic rings. The predicted molar refractivity (Wildman–Crippen MR) is 127 cm³/mol. The van der Waals surface area contributed by atoms with Crippen LogP contribution in [0.2, 0.25) is 5.02 Å². The summed E-state index contributed by atoms with van der Waals surface area (Å²) in [5.74, 6) is -0.169. The first-order valence-electron chi connectivity index (χ1n) is 11.1. The first kappa shape index (κ1) is 23.4. The summed E-state index contributed by atoms with van der Waals surface area (Å²) in [6, 6.07) is 11.6. The number of β-amino-alcohol motifs (C(OH)–C–C–N with tert-alkyl or cyclic N) is 1. The number of anilines is 1. The second kappa shape index (κ2) is 9.99. The molecule has 4 N–H and O–H groups in total. The molecule has 0 saturated carbocycles. The summed E-state index contributed by atoms with van der Waals surface area (Å²) in [5.41, 5.74) is 1.68. The smallest absolute Gasteiger partial charge is 0.253 e. The number of nitrogens with zero attached hydrogens (tertiary/aromatic N) is 2. The Morgan fingerprint density at radius 2 is 1.76 bits per heavy atom. The third-order valence-corrected chi connectivity index (χ3v) is 6.66. The first-order valence-corrected chi connectivity index (χ1v) is 11.5. The first-order chi connectivity index (χ1) is 15.9. The quantitative estimate of drug-likeness (QED) is 0.529. The Bertz CT molecular complexity index is 1010. The van der Waals surface area contributed by atoms with Gasteiger partial charge in [-0.15, -0.1) is 0 Å². The van der Waals surface area contributed by atoms with Gasteiger partial charge in [-0.1, -0.05) is 11.6 Å². The summed E-state index contributed by atoms with van der Waals surface area (Å²) in [6.45, 7) is 2.15. The van der Waals surface area contributed by atoms with E-state index < -0.39 is 6.10 Å². The van der Waals surface area contributed by atoms with E-state index in [-0.39, 0.29) is 29.6 Å². The maximum Gasteiger partial charge on any atom is 0.253 e. The molecule has 0 aromatic heterocycles. The summed E-state index contributed by atoms with van der Waals surface area (Å²) in [5, 5.41) is 27.4. The summed E-state index contributed by atoms with van der Waals surface area (Å²) >= 11 is 5.91. The van der Waals surface area contributed by atoms with E-state index >= 15 is 0 Å². The molecule has 2 aromatic carbocycles. The number of rotatable bonds is 5. The number of hydrogen-bond acceptors (Lipinski definition) is 6. The van der Waals surface area contributed by atoms with Gasteiger partial charge >= 0.3 is 0 Å². The van der Waals surface area contributed by atoms with Crippen molar-refractivity contribution in [1.29, 1.82) is 0 Å². The Kier molecular flexibility index (Phi) is 7.07. The van der Waals surface area contributed by atoms with Crippen molar-refractivity contribution in [2.24, 2.45) is 0 Å². The average molecular weight is 473 g/mol. The van der Waals surface area contributed by atoms with Crippen molar-refractivity contribution in [3.63, 3.8) is 0 Å². The molecule has 33 heavy (non-hydrogen) atoms. The minimum Gasteiger partial charge on any atom is -0.508 e. The van der Waals surface area contributed by atoms with Crippen molar-refractivity contribution >= 4 is 29.1 Å². The second-order valence-corrected chi connectivity index (χ2v) is 9.04. The van der Waals surface area contributed by atoms with Gasteiger partial charge in [-0.3, -0.25) is 9.59 Å². The minimum atomic E-state index is -0.612. The van der Waals surface area contributed by atoms with Crippen molar-refractivity contribution in [3.05, 3.63) is 58.6 Å². The number of phenolic OH excluding ortho intramolecular Hbond substituents is 1. The molecule has 2 amide bonds. The van der Waals surface area contributed by atoms with Crippen molar-refractivity contribution < 1.29 is 19.8 Å². The molecule has 8 nitrogen and oxygen atoms in total. The highest BCUT2D eigenvalue weighted by Crippen LogP contribution is 2.29. The number of hydrogen-bond donors (Lipinski definition) is 4. The monoisotopic (exact) mass is 472 g/mol. The summed E-state index contributed by atoms with van der Waals surface area (Å²) in [4.78, 5) is 28.7. The van der Waals surface area contributed by atoms with Crippen LogP contribution in [0, 0.1) is 0 Å². The maximum absolute atomic E-state index is 12.7. The molecule has 9 heteroatoms. The number of amides is 2. The van der Waals surface area contributed by atoms with Crippen LogP contribution in [-0.2, 0) is 0 Å². The summed E-state index contributed by atoms with van der Waals surface area (Å²) < 4.78 is 0. The topological polar surface area (TPSA) is 105 Å². The van der Waals surface area contributed by atoms with E-state index in [1.54, 1.807) is 43.4 Å². The van der Waals surface area contributed by atoms with E-state index in [0.29, 0.717) is 48.0 Å². The van der Waals surface area contributed by atoms with Crippen molar-refractivity contribution in [2.45, 2.75) is 31.0 Å². The van der Waals surface area contributed by atoms with E-state index in [9.17, 15) is 19.8 Å². The molecule has 2 aliphatic rings. The summed E-state index contributed by atoms with van der Waals surface area (Å²) in [6.07, 6.45) is 0.967. The fourth-order valence-electron chi connectivity index (χ4n) is 4.58. The number of aliphatic hydroxyl groups is 1. The normalized spacial score (nSPS) is 21.3. The molecule has 2 atom stereocenters. The molecule has 0 radical (unpaired) electrons. The number of nitrogens with one attached hydrogen (secondary N) is 2. The van der Waals surface area contributed by atoms with Crippen LogP contribution in [0.25, 0.3) is 0 Å². The second-order valence-electron chi connectivity index (χ2n) is 8.60. The Morgan fingerprint density at radius 3 is 2.42 bits per heavy atom. The number of benzene rings is 2. The molecule has 0 spiro atoms. The van der Waals surface area contributed by atoms with E-state index in [0.717, 1.165) is 12.8 Å². The van der Waals surface area contributed by atoms with Crippen molar-refractivity contribution in [2.75, 3.05) is 38.1 Å². The fraction of sp³-hybridized carbons (Fsp3) is 0.417. The standard InChI is InChI=1S/C24H29ClN4O4/c1-26-23(32)19-7-6-18(30)12-21(19)29-13-20(22(31)14-29)27-17-8-10-28(11-9-17)24(33)15-2-4-16(25)5-3-15/h2-7,12,17,20,22,27,30-31H,8-11,13-14H2,1H3,(H,26,32)/t20-,22-/m1/s1. The van der Waals surface area contributed by atoms with Crippen LogP contribution in [0.3, 0.4) is 0 Å². The van der Waals surface area contributed by atoms with Gasteiger partial charge < -0.3 is 30.6 Å². The highest BCUT2D eigenvalue weighted by Gasteiger charge is 2.35. The molecule has 0 aliphatic carbocycles. The minimum absolute atomic E-state index is 0.00260. The van der Waals surface area contributed by atoms with E-state index in [1.165, 1.54) is 6.07 Å². The largest absolute Gasteiger partial charge is 0.508 e. The molecule has 2 saturated heterocycles. The van der Waals surface area contributed by atoms with Gasteiger partial charge in [0.25, 0.3) is 11.8 Å². The average Bonchev–Trinajstić information content (AvgIpc) is 3.19. The zero-order valence-corrected chi connectivity index (χ0v) is 19.3. The van der Waals surface area contributed by atoms with Gasteiger partial charge in [0.15, 0.2) is 0 Å². The lowest BCUT2D eigenvalue weighted by Crippen LogP contribution is -2.50. The molecular formula is C24H29ClN4O4. The Labute approximate surface area is 198 Å². The number of phenols is 1. The molecule has 0 bridgehead atoms.